The number of hydrogen-bond donors (Lipinski definition) is 1. The zero-order valence-electron chi connectivity index (χ0n) is 9.83. The van der Waals surface area contributed by atoms with Gasteiger partial charge in [0.2, 0.25) is 0 Å². The molecule has 0 aliphatic rings. The smallest absolute Gasteiger partial charge is 0.358 e. The van der Waals surface area contributed by atoms with Crippen molar-refractivity contribution in [2.45, 2.75) is 13.5 Å². The molecule has 7 heteroatoms. The number of carbonyl (C=O) groups excluding carboxylic acids is 1. The normalized spacial score (nSPS) is 9.44. The van der Waals surface area contributed by atoms with Crippen molar-refractivity contribution in [3.05, 3.63) is 35.8 Å². The monoisotopic (exact) mass is 291 g/mol. The molecule has 0 radical (unpaired) electrons. The molecule has 0 saturated heterocycles. The molecule has 2 aromatic rings. The number of hydrogen-bond acceptors (Lipinski definition) is 4. The van der Waals surface area contributed by atoms with Crippen LogP contribution >= 0.6 is 24.8 Å². The number of carbonyl (C=O) groups is 1. The molecule has 0 aliphatic heterocycles. The molecular weight excluding hydrogens is 277 g/mol. The maximum atomic E-state index is 11.4. The SMILES string of the molecule is CCOC(=O)c1cn2cc(CN)ccc2n1.Cl.Cl. The number of rotatable bonds is 3. The van der Waals surface area contributed by atoms with Gasteiger partial charge in [0.05, 0.1) is 6.61 Å². The summed E-state index contributed by atoms with van der Waals surface area (Å²) in [4.78, 5) is 15.6. The Morgan fingerprint density at radius 1 is 1.39 bits per heavy atom. The van der Waals surface area contributed by atoms with E-state index >= 15 is 0 Å². The molecule has 2 rings (SSSR count). The predicted octanol–water partition coefficient (Wildman–Crippen LogP) is 1.81. The highest BCUT2D eigenvalue weighted by Gasteiger charge is 2.11. The minimum Gasteiger partial charge on any atom is -0.461 e. The van der Waals surface area contributed by atoms with Gasteiger partial charge in [-0.05, 0) is 18.6 Å². The number of aromatic nitrogens is 2. The lowest BCUT2D eigenvalue weighted by molar-refractivity contribution is 0.0520. The van der Waals surface area contributed by atoms with Crippen molar-refractivity contribution >= 4 is 36.4 Å². The first-order valence-corrected chi connectivity index (χ1v) is 5.09. The number of nitrogens with two attached hydrogens (primary N) is 1. The summed E-state index contributed by atoms with van der Waals surface area (Å²) < 4.78 is 6.65. The van der Waals surface area contributed by atoms with Gasteiger partial charge in [-0.1, -0.05) is 6.07 Å². The van der Waals surface area contributed by atoms with Crippen molar-refractivity contribution in [2.75, 3.05) is 6.61 Å². The molecular formula is C11H15Cl2N3O2. The maximum Gasteiger partial charge on any atom is 0.358 e. The fourth-order valence-electron chi connectivity index (χ4n) is 1.46. The lowest BCUT2D eigenvalue weighted by Crippen LogP contribution is -2.04. The highest BCUT2D eigenvalue weighted by atomic mass is 35.5. The third kappa shape index (κ3) is 3.35. The van der Waals surface area contributed by atoms with Crippen LogP contribution in [0.3, 0.4) is 0 Å². The van der Waals surface area contributed by atoms with Gasteiger partial charge in [-0.25, -0.2) is 9.78 Å². The van der Waals surface area contributed by atoms with Crippen molar-refractivity contribution in [3.63, 3.8) is 0 Å². The summed E-state index contributed by atoms with van der Waals surface area (Å²) in [6.07, 6.45) is 3.50. The average Bonchev–Trinajstić information content (AvgIpc) is 2.71. The van der Waals surface area contributed by atoms with E-state index in [4.69, 9.17) is 10.5 Å². The van der Waals surface area contributed by atoms with E-state index in [0.717, 1.165) is 5.56 Å². The minimum atomic E-state index is -0.402. The van der Waals surface area contributed by atoms with E-state index in [9.17, 15) is 4.79 Å². The first kappa shape index (κ1) is 16.7. The predicted molar refractivity (Wildman–Crippen MR) is 73.5 cm³/mol. The van der Waals surface area contributed by atoms with Crippen LogP contribution in [0.2, 0.25) is 0 Å². The molecule has 0 unspecified atom stereocenters. The zero-order valence-corrected chi connectivity index (χ0v) is 11.5. The molecule has 0 spiro atoms. The molecule has 0 fully saturated rings. The molecule has 2 aromatic heterocycles. The fraction of sp³-hybridized carbons (Fsp3) is 0.273. The first-order chi connectivity index (χ1) is 7.74. The quantitative estimate of drug-likeness (QED) is 0.876. The second kappa shape index (κ2) is 7.20. The lowest BCUT2D eigenvalue weighted by atomic mass is 10.3. The summed E-state index contributed by atoms with van der Waals surface area (Å²) in [6.45, 7) is 2.57. The number of ether oxygens (including phenoxy) is 1. The maximum absolute atomic E-state index is 11.4. The van der Waals surface area contributed by atoms with Crippen molar-refractivity contribution in [1.82, 2.24) is 9.38 Å². The van der Waals surface area contributed by atoms with E-state index < -0.39 is 5.97 Å². The Hall–Kier alpha value is -1.30. The number of fused-ring (bicyclic) bond motifs is 1. The number of halogens is 2. The van der Waals surface area contributed by atoms with Crippen molar-refractivity contribution in [3.8, 4) is 0 Å². The molecule has 0 saturated carbocycles. The summed E-state index contributed by atoms with van der Waals surface area (Å²) in [5.74, 6) is -0.402. The van der Waals surface area contributed by atoms with Crippen LogP contribution < -0.4 is 5.73 Å². The van der Waals surface area contributed by atoms with E-state index in [1.807, 2.05) is 18.3 Å². The largest absolute Gasteiger partial charge is 0.461 e. The number of imidazole rings is 1. The Balaban J connectivity index is 0.00000144. The summed E-state index contributed by atoms with van der Waals surface area (Å²) in [6, 6.07) is 3.71. The minimum absolute atomic E-state index is 0. The van der Waals surface area contributed by atoms with Crippen molar-refractivity contribution < 1.29 is 9.53 Å². The van der Waals surface area contributed by atoms with Gasteiger partial charge >= 0.3 is 5.97 Å². The molecule has 18 heavy (non-hydrogen) atoms. The van der Waals surface area contributed by atoms with Crippen LogP contribution in [0.1, 0.15) is 23.0 Å². The lowest BCUT2D eigenvalue weighted by Gasteiger charge is -1.96. The highest BCUT2D eigenvalue weighted by Crippen LogP contribution is 2.08. The van der Waals surface area contributed by atoms with E-state index in [2.05, 4.69) is 4.98 Å². The van der Waals surface area contributed by atoms with Crippen LogP contribution in [0.15, 0.2) is 24.5 Å². The Morgan fingerprint density at radius 2 is 2.11 bits per heavy atom. The van der Waals surface area contributed by atoms with Gasteiger partial charge in [0, 0.05) is 18.9 Å². The first-order valence-electron chi connectivity index (χ1n) is 5.09. The van der Waals surface area contributed by atoms with Gasteiger partial charge in [0.25, 0.3) is 0 Å². The highest BCUT2D eigenvalue weighted by molar-refractivity contribution is 5.88. The van der Waals surface area contributed by atoms with E-state index in [0.29, 0.717) is 24.5 Å². The standard InChI is InChI=1S/C11H13N3O2.2ClH/c1-2-16-11(15)9-7-14-6-8(5-12)3-4-10(14)13-9;;/h3-4,6-7H,2,5,12H2,1H3;2*1H. The molecule has 2 heterocycles. The van der Waals surface area contributed by atoms with Gasteiger partial charge in [-0.15, -0.1) is 24.8 Å². The topological polar surface area (TPSA) is 69.6 Å². The summed E-state index contributed by atoms with van der Waals surface area (Å²) in [5, 5.41) is 0. The van der Waals surface area contributed by atoms with Crippen molar-refractivity contribution in [2.24, 2.45) is 5.73 Å². The van der Waals surface area contributed by atoms with Gasteiger partial charge in [0.1, 0.15) is 5.65 Å². The molecule has 5 nitrogen and oxygen atoms in total. The molecule has 100 valence electrons. The molecule has 0 amide bonds. The number of pyridine rings is 1. The third-order valence-corrected chi connectivity index (χ3v) is 2.23. The van der Waals surface area contributed by atoms with Crippen LogP contribution in [-0.4, -0.2) is 22.0 Å². The summed E-state index contributed by atoms with van der Waals surface area (Å²) in [7, 11) is 0. The van der Waals surface area contributed by atoms with Crippen LogP contribution in [-0.2, 0) is 11.3 Å². The summed E-state index contributed by atoms with van der Waals surface area (Å²) in [5.41, 5.74) is 7.54. The van der Waals surface area contributed by atoms with Crippen LogP contribution in [0, 0.1) is 0 Å². The second-order valence-electron chi connectivity index (χ2n) is 3.35. The Bertz CT molecular complexity index is 528. The molecule has 2 N–H and O–H groups in total. The van der Waals surface area contributed by atoms with Gasteiger partial charge < -0.3 is 14.9 Å². The van der Waals surface area contributed by atoms with E-state index in [-0.39, 0.29) is 24.8 Å². The Labute approximate surface area is 117 Å². The Morgan fingerprint density at radius 3 is 2.72 bits per heavy atom. The van der Waals surface area contributed by atoms with E-state index in [1.165, 1.54) is 0 Å². The second-order valence-corrected chi connectivity index (χ2v) is 3.35. The van der Waals surface area contributed by atoms with Crippen LogP contribution in [0.5, 0.6) is 0 Å². The van der Waals surface area contributed by atoms with E-state index in [1.54, 1.807) is 17.5 Å². The number of esters is 1. The van der Waals surface area contributed by atoms with Gasteiger partial charge in [0.15, 0.2) is 5.69 Å². The molecule has 0 bridgehead atoms. The third-order valence-electron chi connectivity index (χ3n) is 2.23. The van der Waals surface area contributed by atoms with Crippen LogP contribution in [0.25, 0.3) is 5.65 Å². The summed E-state index contributed by atoms with van der Waals surface area (Å²) >= 11 is 0. The zero-order chi connectivity index (χ0) is 11.5. The number of nitrogens with zero attached hydrogens (tertiary/aromatic N) is 2. The van der Waals surface area contributed by atoms with Crippen molar-refractivity contribution in [1.29, 1.82) is 0 Å². The average molecular weight is 292 g/mol. The molecule has 0 aliphatic carbocycles. The molecule has 0 aromatic carbocycles. The van der Waals surface area contributed by atoms with Gasteiger partial charge in [-0.3, -0.25) is 0 Å². The van der Waals surface area contributed by atoms with Crippen LogP contribution in [0.4, 0.5) is 0 Å². The van der Waals surface area contributed by atoms with Gasteiger partial charge in [-0.2, -0.15) is 0 Å². The Kier molecular flexibility index (Phi) is 6.68. The fourth-order valence-corrected chi connectivity index (χ4v) is 1.46. The molecule has 0 atom stereocenters.